The first-order valence-corrected chi connectivity index (χ1v) is 6.05. The molecule has 0 fully saturated rings. The molecule has 1 aromatic rings. The van der Waals surface area contributed by atoms with Crippen molar-refractivity contribution in [1.29, 1.82) is 0 Å². The van der Waals surface area contributed by atoms with Gasteiger partial charge in [-0.1, -0.05) is 13.8 Å². The molecule has 0 saturated heterocycles. The minimum absolute atomic E-state index is 0.368. The normalized spacial score (nSPS) is 10.5. The van der Waals surface area contributed by atoms with E-state index < -0.39 is 5.69 Å². The third-order valence-electron chi connectivity index (χ3n) is 2.44. The zero-order chi connectivity index (χ0) is 13.9. The van der Waals surface area contributed by atoms with Crippen molar-refractivity contribution in [2.24, 2.45) is 20.0 Å². The second-order valence-corrected chi connectivity index (χ2v) is 4.91. The maximum absolute atomic E-state index is 11.7. The molecule has 0 aliphatic rings. The number of hydrogen-bond acceptors (Lipinski definition) is 3. The van der Waals surface area contributed by atoms with Gasteiger partial charge in [0.15, 0.2) is 5.11 Å². The van der Waals surface area contributed by atoms with Crippen LogP contribution in [0.3, 0.4) is 0 Å². The Morgan fingerprint density at radius 3 is 2.50 bits per heavy atom. The average molecular weight is 270 g/mol. The molecule has 0 aliphatic carbocycles. The summed E-state index contributed by atoms with van der Waals surface area (Å²) in [5.41, 5.74) is -0.760. The molecule has 1 heterocycles. The number of rotatable bonds is 3. The molecule has 0 aliphatic heterocycles. The Labute approximate surface area is 111 Å². The minimum Gasteiger partial charge on any atom is -0.362 e. The van der Waals surface area contributed by atoms with E-state index in [9.17, 15) is 9.59 Å². The zero-order valence-electron chi connectivity index (χ0n) is 11.0. The van der Waals surface area contributed by atoms with E-state index in [2.05, 4.69) is 24.5 Å². The van der Waals surface area contributed by atoms with E-state index in [1.54, 1.807) is 7.05 Å². The molecule has 100 valence electrons. The number of thiocarbonyl (C=S) groups is 1. The van der Waals surface area contributed by atoms with E-state index in [0.717, 1.165) is 11.1 Å². The zero-order valence-corrected chi connectivity index (χ0v) is 11.8. The molecule has 0 aromatic carbocycles. The van der Waals surface area contributed by atoms with Crippen LogP contribution in [-0.4, -0.2) is 20.8 Å². The molecule has 0 radical (unpaired) electrons. The summed E-state index contributed by atoms with van der Waals surface area (Å²) in [6.07, 6.45) is 0. The van der Waals surface area contributed by atoms with Crippen LogP contribution in [0.2, 0.25) is 0 Å². The molecule has 0 unspecified atom stereocenters. The Kier molecular flexibility index (Phi) is 4.66. The second kappa shape index (κ2) is 5.81. The van der Waals surface area contributed by atoms with Crippen molar-refractivity contribution in [2.75, 3.05) is 11.9 Å². The van der Waals surface area contributed by atoms with Crippen LogP contribution in [0, 0.1) is 5.92 Å². The van der Waals surface area contributed by atoms with Crippen molar-refractivity contribution in [1.82, 2.24) is 14.5 Å². The van der Waals surface area contributed by atoms with Gasteiger partial charge in [-0.2, -0.15) is 0 Å². The summed E-state index contributed by atoms with van der Waals surface area (Å²) in [5, 5.41) is 6.25. The van der Waals surface area contributed by atoms with E-state index in [0.29, 0.717) is 16.8 Å². The van der Waals surface area contributed by atoms with Crippen molar-refractivity contribution in [2.45, 2.75) is 13.8 Å². The lowest BCUT2D eigenvalue weighted by atomic mass is 10.2. The predicted molar refractivity (Wildman–Crippen MR) is 76.0 cm³/mol. The molecule has 0 atom stereocenters. The Balaban J connectivity index is 2.89. The van der Waals surface area contributed by atoms with Crippen LogP contribution in [0.25, 0.3) is 0 Å². The molecular weight excluding hydrogens is 252 g/mol. The highest BCUT2D eigenvalue weighted by Crippen LogP contribution is 1.98. The number of nitrogens with one attached hydrogen (secondary N) is 2. The van der Waals surface area contributed by atoms with Gasteiger partial charge >= 0.3 is 5.69 Å². The number of hydrogen-bond donors (Lipinski definition) is 2. The van der Waals surface area contributed by atoms with Crippen molar-refractivity contribution in [3.05, 3.63) is 26.9 Å². The van der Waals surface area contributed by atoms with E-state index in [1.807, 2.05) is 0 Å². The standard InChI is InChI=1S/C11H18N4O2S/c1-7(2)6-12-10(18)13-8-5-9(16)15(4)11(17)14(8)3/h5,7H,6H2,1-4H3,(H2,12,13,18). The second-order valence-electron chi connectivity index (χ2n) is 4.50. The molecule has 0 saturated carbocycles. The van der Waals surface area contributed by atoms with Crippen molar-refractivity contribution in [3.63, 3.8) is 0 Å². The average Bonchev–Trinajstić information content (AvgIpc) is 2.30. The third kappa shape index (κ3) is 3.43. The van der Waals surface area contributed by atoms with Gasteiger partial charge in [0, 0.05) is 26.7 Å². The first kappa shape index (κ1) is 14.4. The maximum Gasteiger partial charge on any atom is 0.332 e. The van der Waals surface area contributed by atoms with Crippen LogP contribution in [0.15, 0.2) is 15.7 Å². The molecule has 0 spiro atoms. The Bertz CT molecular complexity index is 559. The summed E-state index contributed by atoms with van der Waals surface area (Å²) in [4.78, 5) is 23.2. The van der Waals surface area contributed by atoms with Gasteiger partial charge in [0.1, 0.15) is 5.82 Å². The molecule has 1 aromatic heterocycles. The summed E-state index contributed by atoms with van der Waals surface area (Å²) in [5.74, 6) is 0.835. The van der Waals surface area contributed by atoms with E-state index in [4.69, 9.17) is 12.2 Å². The Morgan fingerprint density at radius 1 is 1.33 bits per heavy atom. The van der Waals surface area contributed by atoms with Gasteiger partial charge in [0.2, 0.25) is 0 Å². The topological polar surface area (TPSA) is 68.1 Å². The van der Waals surface area contributed by atoms with Gasteiger partial charge in [0.25, 0.3) is 5.56 Å². The van der Waals surface area contributed by atoms with Crippen LogP contribution in [0.5, 0.6) is 0 Å². The summed E-state index contributed by atoms with van der Waals surface area (Å²) < 4.78 is 2.38. The monoisotopic (exact) mass is 270 g/mol. The summed E-state index contributed by atoms with van der Waals surface area (Å²) >= 11 is 5.09. The third-order valence-corrected chi connectivity index (χ3v) is 2.68. The fraction of sp³-hybridized carbons (Fsp3) is 0.545. The van der Waals surface area contributed by atoms with E-state index >= 15 is 0 Å². The molecule has 6 nitrogen and oxygen atoms in total. The molecular formula is C11H18N4O2S. The number of aromatic nitrogens is 2. The smallest absolute Gasteiger partial charge is 0.332 e. The van der Waals surface area contributed by atoms with Crippen molar-refractivity contribution in [3.8, 4) is 0 Å². The lowest BCUT2D eigenvalue weighted by Gasteiger charge is -2.14. The van der Waals surface area contributed by atoms with E-state index in [1.165, 1.54) is 17.7 Å². The van der Waals surface area contributed by atoms with Crippen LogP contribution in [0.4, 0.5) is 5.82 Å². The minimum atomic E-state index is -0.392. The Hall–Kier alpha value is -1.63. The van der Waals surface area contributed by atoms with Crippen molar-refractivity contribution >= 4 is 23.1 Å². The first-order chi connectivity index (χ1) is 8.32. The highest BCUT2D eigenvalue weighted by atomic mass is 32.1. The van der Waals surface area contributed by atoms with Crippen LogP contribution in [-0.2, 0) is 14.1 Å². The van der Waals surface area contributed by atoms with Gasteiger partial charge < -0.3 is 10.6 Å². The van der Waals surface area contributed by atoms with Gasteiger partial charge in [-0.05, 0) is 18.1 Å². The molecule has 0 bridgehead atoms. The Morgan fingerprint density at radius 2 is 1.94 bits per heavy atom. The number of anilines is 1. The predicted octanol–water partition coefficient (Wildman–Crippen LogP) is 0.0264. The highest BCUT2D eigenvalue weighted by molar-refractivity contribution is 7.80. The van der Waals surface area contributed by atoms with Crippen LogP contribution < -0.4 is 21.9 Å². The summed E-state index contributed by atoms with van der Waals surface area (Å²) in [7, 11) is 3.01. The fourth-order valence-electron chi connectivity index (χ4n) is 1.31. The van der Waals surface area contributed by atoms with Crippen LogP contribution in [0.1, 0.15) is 13.8 Å². The highest BCUT2D eigenvalue weighted by Gasteiger charge is 2.07. The summed E-state index contributed by atoms with van der Waals surface area (Å²) in [6, 6.07) is 1.34. The lowest BCUT2D eigenvalue weighted by Crippen LogP contribution is -2.39. The summed E-state index contributed by atoms with van der Waals surface area (Å²) in [6.45, 7) is 4.85. The largest absolute Gasteiger partial charge is 0.362 e. The van der Waals surface area contributed by atoms with Gasteiger partial charge in [-0.15, -0.1) is 0 Å². The number of nitrogens with zero attached hydrogens (tertiary/aromatic N) is 2. The van der Waals surface area contributed by atoms with Gasteiger partial charge in [-0.3, -0.25) is 13.9 Å². The maximum atomic E-state index is 11.7. The first-order valence-electron chi connectivity index (χ1n) is 5.65. The molecule has 7 heteroatoms. The van der Waals surface area contributed by atoms with Crippen LogP contribution >= 0.6 is 12.2 Å². The van der Waals surface area contributed by atoms with Gasteiger partial charge in [0.05, 0.1) is 0 Å². The van der Waals surface area contributed by atoms with Gasteiger partial charge in [-0.25, -0.2) is 4.79 Å². The SMILES string of the molecule is CC(C)CNC(=S)Nc1cc(=O)n(C)c(=O)n1C. The quantitative estimate of drug-likeness (QED) is 0.758. The molecule has 18 heavy (non-hydrogen) atoms. The molecule has 0 amide bonds. The fourth-order valence-corrected chi connectivity index (χ4v) is 1.50. The lowest BCUT2D eigenvalue weighted by molar-refractivity contribution is 0.626. The molecule has 2 N–H and O–H groups in total. The molecule has 1 rings (SSSR count). The van der Waals surface area contributed by atoms with Crippen molar-refractivity contribution < 1.29 is 0 Å². The van der Waals surface area contributed by atoms with E-state index in [-0.39, 0.29) is 5.56 Å².